The van der Waals surface area contributed by atoms with Crippen LogP contribution in [0, 0.1) is 6.92 Å². The molecular formula is C15H13BrN4. The lowest BCUT2D eigenvalue weighted by Crippen LogP contribution is -2.03. The summed E-state index contributed by atoms with van der Waals surface area (Å²) in [5.74, 6) is 0.966. The lowest BCUT2D eigenvalue weighted by Gasteiger charge is -2.12. The van der Waals surface area contributed by atoms with Gasteiger partial charge < -0.3 is 11.1 Å². The van der Waals surface area contributed by atoms with Crippen LogP contribution in [0.2, 0.25) is 0 Å². The number of aromatic nitrogens is 2. The molecule has 1 heterocycles. The van der Waals surface area contributed by atoms with Crippen LogP contribution in [0.3, 0.4) is 0 Å². The van der Waals surface area contributed by atoms with Gasteiger partial charge in [-0.15, -0.1) is 0 Å². The number of hydrogen-bond donors (Lipinski definition) is 2. The van der Waals surface area contributed by atoms with Gasteiger partial charge in [-0.25, -0.2) is 9.97 Å². The van der Waals surface area contributed by atoms with Crippen molar-refractivity contribution < 1.29 is 0 Å². The van der Waals surface area contributed by atoms with Crippen LogP contribution in [0.5, 0.6) is 0 Å². The van der Waals surface area contributed by atoms with E-state index in [2.05, 4.69) is 31.2 Å². The van der Waals surface area contributed by atoms with Crippen LogP contribution in [-0.2, 0) is 0 Å². The van der Waals surface area contributed by atoms with Crippen molar-refractivity contribution in [2.75, 3.05) is 11.1 Å². The van der Waals surface area contributed by atoms with E-state index < -0.39 is 0 Å². The van der Waals surface area contributed by atoms with Crippen LogP contribution in [0.15, 0.2) is 46.9 Å². The van der Waals surface area contributed by atoms with Crippen molar-refractivity contribution in [3.05, 3.63) is 52.5 Å². The average Bonchev–Trinajstić information content (AvgIpc) is 2.44. The molecule has 0 bridgehead atoms. The van der Waals surface area contributed by atoms with E-state index in [0.717, 1.165) is 26.8 Å². The number of para-hydroxylation sites is 2. The summed E-state index contributed by atoms with van der Waals surface area (Å²) in [6.07, 6.45) is 0. The molecule has 0 saturated heterocycles. The van der Waals surface area contributed by atoms with Crippen LogP contribution in [0.1, 0.15) is 5.56 Å². The topological polar surface area (TPSA) is 63.8 Å². The third-order valence-corrected chi connectivity index (χ3v) is 3.98. The zero-order valence-corrected chi connectivity index (χ0v) is 12.5. The minimum absolute atomic E-state index is 0.392. The SMILES string of the molecule is Cc1c(Br)cccc1Nc1nc2ccccc2nc1N. The summed E-state index contributed by atoms with van der Waals surface area (Å²) in [6, 6.07) is 13.6. The smallest absolute Gasteiger partial charge is 0.174 e. The fourth-order valence-corrected chi connectivity index (χ4v) is 2.34. The van der Waals surface area contributed by atoms with E-state index in [0.29, 0.717) is 11.6 Å². The standard InChI is InChI=1S/C15H13BrN4/c1-9-10(16)5-4-8-11(9)19-15-14(17)18-12-6-2-3-7-13(12)20-15/h2-8H,1H3,(H2,17,18)(H,19,20). The van der Waals surface area contributed by atoms with Gasteiger partial charge in [0.25, 0.3) is 0 Å². The molecule has 5 heteroatoms. The van der Waals surface area contributed by atoms with Gasteiger partial charge in [0.2, 0.25) is 0 Å². The number of nitrogens with zero attached hydrogens (tertiary/aromatic N) is 2. The predicted octanol–water partition coefficient (Wildman–Crippen LogP) is 4.03. The molecule has 0 saturated carbocycles. The number of nitrogens with two attached hydrogens (primary N) is 1. The van der Waals surface area contributed by atoms with Crippen molar-refractivity contribution in [3.63, 3.8) is 0 Å². The number of nitrogens with one attached hydrogen (secondary N) is 1. The first-order valence-corrected chi connectivity index (χ1v) is 6.99. The molecule has 4 nitrogen and oxygen atoms in total. The second-order valence-corrected chi connectivity index (χ2v) is 5.34. The van der Waals surface area contributed by atoms with Crippen molar-refractivity contribution in [1.82, 2.24) is 9.97 Å². The first kappa shape index (κ1) is 12.9. The van der Waals surface area contributed by atoms with Gasteiger partial charge in [-0.2, -0.15) is 0 Å². The fourth-order valence-electron chi connectivity index (χ4n) is 1.98. The second-order valence-electron chi connectivity index (χ2n) is 4.48. The number of benzene rings is 2. The van der Waals surface area contributed by atoms with Gasteiger partial charge in [-0.1, -0.05) is 34.1 Å². The van der Waals surface area contributed by atoms with Crippen LogP contribution >= 0.6 is 15.9 Å². The van der Waals surface area contributed by atoms with E-state index in [-0.39, 0.29) is 0 Å². The summed E-state index contributed by atoms with van der Waals surface area (Å²) < 4.78 is 1.04. The molecule has 0 aliphatic heterocycles. The number of anilines is 3. The molecule has 0 unspecified atom stereocenters. The minimum Gasteiger partial charge on any atom is -0.381 e. The zero-order valence-electron chi connectivity index (χ0n) is 10.9. The van der Waals surface area contributed by atoms with E-state index in [1.807, 2.05) is 49.4 Å². The average molecular weight is 329 g/mol. The summed E-state index contributed by atoms with van der Waals surface area (Å²) in [4.78, 5) is 8.89. The lowest BCUT2D eigenvalue weighted by atomic mass is 10.2. The van der Waals surface area contributed by atoms with E-state index >= 15 is 0 Å². The molecule has 3 rings (SSSR count). The van der Waals surface area contributed by atoms with Crippen molar-refractivity contribution in [1.29, 1.82) is 0 Å². The summed E-state index contributed by atoms with van der Waals surface area (Å²) in [6.45, 7) is 2.02. The Bertz CT molecular complexity index is 786. The highest BCUT2D eigenvalue weighted by Crippen LogP contribution is 2.28. The molecule has 0 atom stereocenters. The first-order chi connectivity index (χ1) is 9.65. The van der Waals surface area contributed by atoms with Crippen LogP contribution in [0.4, 0.5) is 17.3 Å². The zero-order chi connectivity index (χ0) is 14.1. The Hall–Kier alpha value is -2.14. The van der Waals surface area contributed by atoms with Gasteiger partial charge in [-0.3, -0.25) is 0 Å². The third kappa shape index (κ3) is 2.32. The molecule has 2 aromatic carbocycles. The summed E-state index contributed by atoms with van der Waals surface area (Å²) in [5, 5.41) is 3.24. The number of nitrogen functional groups attached to an aromatic ring is 1. The number of fused-ring (bicyclic) bond motifs is 1. The molecule has 3 aromatic rings. The molecule has 1 aromatic heterocycles. The highest BCUT2D eigenvalue weighted by molar-refractivity contribution is 9.10. The molecule has 0 spiro atoms. The van der Waals surface area contributed by atoms with Gasteiger partial charge in [-0.05, 0) is 36.8 Å². The quantitative estimate of drug-likeness (QED) is 0.745. The number of rotatable bonds is 2. The van der Waals surface area contributed by atoms with Crippen LogP contribution in [0.25, 0.3) is 11.0 Å². The van der Waals surface area contributed by atoms with Gasteiger partial charge in [0, 0.05) is 10.2 Å². The Balaban J connectivity index is 2.06. The molecule has 0 aliphatic carbocycles. The van der Waals surface area contributed by atoms with Gasteiger partial charge in [0.1, 0.15) is 0 Å². The Kier molecular flexibility index (Phi) is 3.28. The molecule has 0 fully saturated rings. The highest BCUT2D eigenvalue weighted by Gasteiger charge is 2.08. The maximum Gasteiger partial charge on any atom is 0.174 e. The Morgan fingerprint density at radius 2 is 1.70 bits per heavy atom. The van der Waals surface area contributed by atoms with Crippen molar-refractivity contribution in [2.24, 2.45) is 0 Å². The van der Waals surface area contributed by atoms with Gasteiger partial charge >= 0.3 is 0 Å². The Morgan fingerprint density at radius 3 is 2.45 bits per heavy atom. The summed E-state index contributed by atoms with van der Waals surface area (Å²) in [5.41, 5.74) is 9.64. The number of hydrogen-bond acceptors (Lipinski definition) is 4. The van der Waals surface area contributed by atoms with Crippen LogP contribution in [-0.4, -0.2) is 9.97 Å². The summed E-state index contributed by atoms with van der Waals surface area (Å²) in [7, 11) is 0. The van der Waals surface area contributed by atoms with E-state index in [1.165, 1.54) is 0 Å². The van der Waals surface area contributed by atoms with E-state index in [1.54, 1.807) is 0 Å². The monoisotopic (exact) mass is 328 g/mol. The molecule has 100 valence electrons. The normalized spacial score (nSPS) is 10.7. The van der Waals surface area contributed by atoms with Gasteiger partial charge in [0.05, 0.1) is 11.0 Å². The molecule has 20 heavy (non-hydrogen) atoms. The van der Waals surface area contributed by atoms with E-state index in [9.17, 15) is 0 Å². The van der Waals surface area contributed by atoms with E-state index in [4.69, 9.17) is 5.73 Å². The Morgan fingerprint density at radius 1 is 1.00 bits per heavy atom. The van der Waals surface area contributed by atoms with Crippen molar-refractivity contribution in [3.8, 4) is 0 Å². The molecule has 0 aliphatic rings. The first-order valence-electron chi connectivity index (χ1n) is 6.19. The maximum absolute atomic E-state index is 5.97. The minimum atomic E-state index is 0.392. The molecular weight excluding hydrogens is 316 g/mol. The largest absolute Gasteiger partial charge is 0.381 e. The van der Waals surface area contributed by atoms with Gasteiger partial charge in [0.15, 0.2) is 11.6 Å². The second kappa shape index (κ2) is 5.09. The molecule has 0 amide bonds. The molecule has 3 N–H and O–H groups in total. The fraction of sp³-hybridized carbons (Fsp3) is 0.0667. The van der Waals surface area contributed by atoms with Crippen molar-refractivity contribution in [2.45, 2.75) is 6.92 Å². The third-order valence-electron chi connectivity index (χ3n) is 3.12. The molecule has 0 radical (unpaired) electrons. The summed E-state index contributed by atoms with van der Waals surface area (Å²) >= 11 is 3.51. The highest BCUT2D eigenvalue weighted by atomic mass is 79.9. The van der Waals surface area contributed by atoms with Crippen molar-refractivity contribution >= 4 is 44.3 Å². The lowest BCUT2D eigenvalue weighted by molar-refractivity contribution is 1.28. The maximum atomic E-state index is 5.97. The van der Waals surface area contributed by atoms with Crippen LogP contribution < -0.4 is 11.1 Å². The Labute approximate surface area is 125 Å². The number of halogens is 1. The predicted molar refractivity (Wildman–Crippen MR) is 86.1 cm³/mol.